The van der Waals surface area contributed by atoms with E-state index in [9.17, 15) is 4.79 Å². The first kappa shape index (κ1) is 13.8. The number of carbonyl (C=O) groups is 1. The first-order valence-electron chi connectivity index (χ1n) is 6.09. The van der Waals surface area contributed by atoms with Crippen LogP contribution < -0.4 is 11.1 Å². The summed E-state index contributed by atoms with van der Waals surface area (Å²) in [5.41, 5.74) is 5.77. The van der Waals surface area contributed by atoms with Crippen LogP contribution in [0.25, 0.3) is 0 Å². The van der Waals surface area contributed by atoms with E-state index in [4.69, 9.17) is 10.2 Å². The molecule has 1 amide bonds. The quantitative estimate of drug-likeness (QED) is 0.792. The van der Waals surface area contributed by atoms with Gasteiger partial charge in [-0.05, 0) is 31.4 Å². The van der Waals surface area contributed by atoms with E-state index in [0.717, 1.165) is 18.6 Å². The lowest BCUT2D eigenvalue weighted by molar-refractivity contribution is -0.123. The first-order chi connectivity index (χ1) is 8.00. The molecule has 1 rings (SSSR count). The highest BCUT2D eigenvalue weighted by molar-refractivity contribution is 5.81. The molecule has 0 aliphatic heterocycles. The molecule has 0 aliphatic rings. The largest absolute Gasteiger partial charge is 0.469 e. The number of furan rings is 1. The van der Waals surface area contributed by atoms with Gasteiger partial charge in [-0.15, -0.1) is 0 Å². The van der Waals surface area contributed by atoms with E-state index < -0.39 is 6.04 Å². The number of nitrogens with one attached hydrogen (secondary N) is 1. The van der Waals surface area contributed by atoms with E-state index in [-0.39, 0.29) is 17.9 Å². The highest BCUT2D eigenvalue weighted by atomic mass is 16.3. The van der Waals surface area contributed by atoms with Gasteiger partial charge in [-0.1, -0.05) is 13.8 Å². The minimum Gasteiger partial charge on any atom is -0.469 e. The van der Waals surface area contributed by atoms with Crippen molar-refractivity contribution >= 4 is 5.91 Å². The summed E-state index contributed by atoms with van der Waals surface area (Å²) in [4.78, 5) is 11.7. The van der Waals surface area contributed by atoms with Gasteiger partial charge in [0.15, 0.2) is 0 Å². The molecule has 2 unspecified atom stereocenters. The summed E-state index contributed by atoms with van der Waals surface area (Å²) in [5.74, 6) is 1.03. The number of carbonyl (C=O) groups excluding carboxylic acids is 1. The van der Waals surface area contributed by atoms with Crippen LogP contribution in [0.1, 0.15) is 33.0 Å². The average Bonchev–Trinajstić information content (AvgIpc) is 2.77. The van der Waals surface area contributed by atoms with Crippen LogP contribution in [0.4, 0.5) is 0 Å². The maximum absolute atomic E-state index is 11.7. The fourth-order valence-corrected chi connectivity index (χ4v) is 1.53. The van der Waals surface area contributed by atoms with Crippen molar-refractivity contribution in [3.05, 3.63) is 24.2 Å². The Kier molecular flexibility index (Phi) is 5.22. The molecule has 4 nitrogen and oxygen atoms in total. The van der Waals surface area contributed by atoms with Crippen molar-refractivity contribution in [3.8, 4) is 0 Å². The van der Waals surface area contributed by atoms with Crippen LogP contribution in [0.15, 0.2) is 22.8 Å². The number of amides is 1. The predicted molar refractivity (Wildman–Crippen MR) is 67.4 cm³/mol. The molecule has 0 radical (unpaired) electrons. The van der Waals surface area contributed by atoms with Crippen LogP contribution in [0, 0.1) is 5.92 Å². The second-order valence-electron chi connectivity index (χ2n) is 4.80. The Bertz CT molecular complexity index is 333. The number of rotatable bonds is 6. The van der Waals surface area contributed by atoms with Gasteiger partial charge in [-0.3, -0.25) is 4.79 Å². The minimum absolute atomic E-state index is 0.0769. The molecule has 17 heavy (non-hydrogen) atoms. The zero-order chi connectivity index (χ0) is 12.8. The van der Waals surface area contributed by atoms with Crippen LogP contribution in [0.3, 0.4) is 0 Å². The summed E-state index contributed by atoms with van der Waals surface area (Å²) >= 11 is 0. The summed E-state index contributed by atoms with van der Waals surface area (Å²) in [6.07, 6.45) is 3.34. The summed E-state index contributed by atoms with van der Waals surface area (Å²) in [7, 11) is 0. The van der Waals surface area contributed by atoms with Crippen molar-refractivity contribution in [2.24, 2.45) is 11.7 Å². The molecule has 0 aliphatic carbocycles. The van der Waals surface area contributed by atoms with Crippen molar-refractivity contribution < 1.29 is 9.21 Å². The third kappa shape index (κ3) is 4.61. The van der Waals surface area contributed by atoms with Crippen molar-refractivity contribution in [1.29, 1.82) is 0 Å². The molecule has 1 heterocycles. The van der Waals surface area contributed by atoms with Crippen LogP contribution in [-0.4, -0.2) is 18.0 Å². The van der Waals surface area contributed by atoms with E-state index in [0.29, 0.717) is 0 Å². The molecule has 0 saturated carbocycles. The van der Waals surface area contributed by atoms with Gasteiger partial charge in [-0.25, -0.2) is 0 Å². The maximum atomic E-state index is 11.7. The Morgan fingerprint density at radius 2 is 2.18 bits per heavy atom. The number of nitrogens with two attached hydrogens (primary N) is 1. The van der Waals surface area contributed by atoms with E-state index in [1.54, 1.807) is 6.26 Å². The molecule has 1 aromatic rings. The van der Waals surface area contributed by atoms with E-state index >= 15 is 0 Å². The summed E-state index contributed by atoms with van der Waals surface area (Å²) < 4.78 is 5.24. The van der Waals surface area contributed by atoms with Crippen molar-refractivity contribution in [2.45, 2.75) is 45.7 Å². The standard InChI is InChI=1S/C13H22N2O2/c1-9(2)12(14)13(16)15-10(3)6-7-11-5-4-8-17-11/h4-5,8-10,12H,6-7,14H2,1-3H3,(H,15,16). The Balaban J connectivity index is 2.29. The van der Waals surface area contributed by atoms with Crippen molar-refractivity contribution in [2.75, 3.05) is 0 Å². The maximum Gasteiger partial charge on any atom is 0.237 e. The highest BCUT2D eigenvalue weighted by Crippen LogP contribution is 2.06. The lowest BCUT2D eigenvalue weighted by atomic mass is 10.0. The number of aryl methyl sites for hydroxylation is 1. The van der Waals surface area contributed by atoms with Gasteiger partial charge in [0.1, 0.15) is 5.76 Å². The second kappa shape index (κ2) is 6.45. The van der Waals surface area contributed by atoms with E-state index in [2.05, 4.69) is 5.32 Å². The Hall–Kier alpha value is -1.29. The fraction of sp³-hybridized carbons (Fsp3) is 0.615. The molecule has 0 spiro atoms. The zero-order valence-corrected chi connectivity index (χ0v) is 10.8. The number of hydrogen-bond donors (Lipinski definition) is 2. The van der Waals surface area contributed by atoms with E-state index in [1.807, 2.05) is 32.9 Å². The molecule has 3 N–H and O–H groups in total. The molecule has 0 saturated heterocycles. The predicted octanol–water partition coefficient (Wildman–Crippen LogP) is 1.70. The minimum atomic E-state index is -0.430. The van der Waals surface area contributed by atoms with Crippen molar-refractivity contribution in [3.63, 3.8) is 0 Å². The summed E-state index contributed by atoms with van der Waals surface area (Å²) in [6.45, 7) is 5.86. The van der Waals surface area contributed by atoms with Crippen LogP contribution in [0.5, 0.6) is 0 Å². The van der Waals surface area contributed by atoms with Gasteiger partial charge < -0.3 is 15.5 Å². The topological polar surface area (TPSA) is 68.3 Å². The Morgan fingerprint density at radius 1 is 1.47 bits per heavy atom. The van der Waals surface area contributed by atoms with Crippen molar-refractivity contribution in [1.82, 2.24) is 5.32 Å². The first-order valence-corrected chi connectivity index (χ1v) is 6.09. The monoisotopic (exact) mass is 238 g/mol. The SMILES string of the molecule is CC(CCc1ccco1)NC(=O)C(N)C(C)C. The molecular formula is C13H22N2O2. The van der Waals surface area contributed by atoms with Crippen LogP contribution in [-0.2, 0) is 11.2 Å². The summed E-state index contributed by atoms with van der Waals surface area (Å²) in [6, 6.07) is 3.49. The fourth-order valence-electron chi connectivity index (χ4n) is 1.53. The van der Waals surface area contributed by atoms with Crippen LogP contribution >= 0.6 is 0 Å². The molecule has 0 bridgehead atoms. The van der Waals surface area contributed by atoms with Gasteiger partial charge in [0.05, 0.1) is 12.3 Å². The average molecular weight is 238 g/mol. The third-order valence-corrected chi connectivity index (χ3v) is 2.81. The molecule has 0 fully saturated rings. The van der Waals surface area contributed by atoms with E-state index in [1.165, 1.54) is 0 Å². The van der Waals surface area contributed by atoms with Gasteiger partial charge in [0.25, 0.3) is 0 Å². The summed E-state index contributed by atoms with van der Waals surface area (Å²) in [5, 5.41) is 2.92. The number of hydrogen-bond acceptors (Lipinski definition) is 3. The highest BCUT2D eigenvalue weighted by Gasteiger charge is 2.18. The Morgan fingerprint density at radius 3 is 2.71 bits per heavy atom. The molecule has 1 aromatic heterocycles. The Labute approximate surface area is 103 Å². The lowest BCUT2D eigenvalue weighted by Crippen LogP contribution is -2.47. The molecule has 2 atom stereocenters. The second-order valence-corrected chi connectivity index (χ2v) is 4.80. The lowest BCUT2D eigenvalue weighted by Gasteiger charge is -2.19. The zero-order valence-electron chi connectivity index (χ0n) is 10.8. The smallest absolute Gasteiger partial charge is 0.237 e. The van der Waals surface area contributed by atoms with Crippen LogP contribution in [0.2, 0.25) is 0 Å². The molecule has 96 valence electrons. The van der Waals surface area contributed by atoms with Gasteiger partial charge in [0, 0.05) is 12.5 Å². The molecular weight excluding hydrogens is 216 g/mol. The normalized spacial score (nSPS) is 14.6. The van der Waals surface area contributed by atoms with Gasteiger partial charge >= 0.3 is 0 Å². The third-order valence-electron chi connectivity index (χ3n) is 2.81. The molecule has 4 heteroatoms. The van der Waals surface area contributed by atoms with Gasteiger partial charge in [-0.2, -0.15) is 0 Å². The van der Waals surface area contributed by atoms with Gasteiger partial charge in [0.2, 0.25) is 5.91 Å². The molecule has 0 aromatic carbocycles.